The normalized spacial score (nSPS) is 32.0. The number of Topliss-reactive ketones (excluding diaryl/α,β-unsaturated/α-hetero) is 1. The van der Waals surface area contributed by atoms with Crippen molar-refractivity contribution in [3.63, 3.8) is 0 Å². The van der Waals surface area contributed by atoms with Crippen LogP contribution in [0.1, 0.15) is 44.9 Å². The predicted octanol–water partition coefficient (Wildman–Crippen LogP) is 1.69. The number of piperidine rings is 2. The number of nitrogens with zero attached hydrogens (tertiary/aromatic N) is 2. The average molecular weight is 278 g/mol. The van der Waals surface area contributed by atoms with Gasteiger partial charge in [0.15, 0.2) is 0 Å². The van der Waals surface area contributed by atoms with Crippen LogP contribution in [0.25, 0.3) is 0 Å². The Morgan fingerprint density at radius 3 is 2.45 bits per heavy atom. The summed E-state index contributed by atoms with van der Waals surface area (Å²) in [6.45, 7) is 4.04. The van der Waals surface area contributed by atoms with Crippen molar-refractivity contribution in [2.75, 3.05) is 32.7 Å². The Balaban J connectivity index is 1.48. The zero-order valence-electron chi connectivity index (χ0n) is 12.4. The Bertz CT molecular complexity index is 373. The van der Waals surface area contributed by atoms with Crippen LogP contribution in [0.5, 0.6) is 0 Å². The van der Waals surface area contributed by atoms with Crippen LogP contribution in [0.4, 0.5) is 0 Å². The number of ketones is 1. The first-order chi connectivity index (χ1) is 9.72. The molecule has 2 heterocycles. The number of hydrogen-bond acceptors (Lipinski definition) is 3. The van der Waals surface area contributed by atoms with Crippen molar-refractivity contribution < 1.29 is 9.59 Å². The van der Waals surface area contributed by atoms with Crippen molar-refractivity contribution in [1.82, 2.24) is 9.80 Å². The number of amides is 1. The number of carbonyl (C=O) groups excluding carboxylic acids is 2. The summed E-state index contributed by atoms with van der Waals surface area (Å²) in [5.41, 5.74) is 0. The standard InChI is InChI=1S/C16H26N2O2/c19-15-6-9-18(10-7-15)16(20)12-17-8-5-13-3-1-2-4-14(13)11-17/h13-14H,1-12H2. The van der Waals surface area contributed by atoms with Crippen LogP contribution < -0.4 is 0 Å². The second-order valence-electron chi connectivity index (χ2n) is 6.75. The number of carbonyl (C=O) groups is 2. The maximum absolute atomic E-state index is 12.3. The largest absolute Gasteiger partial charge is 0.341 e. The van der Waals surface area contributed by atoms with Gasteiger partial charge in [0.05, 0.1) is 6.54 Å². The van der Waals surface area contributed by atoms with Gasteiger partial charge in [-0.25, -0.2) is 0 Å². The first kappa shape index (κ1) is 14.1. The van der Waals surface area contributed by atoms with E-state index in [2.05, 4.69) is 4.90 Å². The highest BCUT2D eigenvalue weighted by Crippen LogP contribution is 2.35. The molecule has 3 rings (SSSR count). The highest BCUT2D eigenvalue weighted by molar-refractivity contribution is 5.84. The highest BCUT2D eigenvalue weighted by Gasteiger charge is 2.32. The molecule has 112 valence electrons. The van der Waals surface area contributed by atoms with E-state index in [1.54, 1.807) is 0 Å². The molecule has 2 atom stereocenters. The van der Waals surface area contributed by atoms with Gasteiger partial charge in [0.2, 0.25) is 5.91 Å². The van der Waals surface area contributed by atoms with Crippen LogP contribution in [0.15, 0.2) is 0 Å². The molecule has 0 bridgehead atoms. The molecule has 1 amide bonds. The lowest BCUT2D eigenvalue weighted by molar-refractivity contribution is -0.136. The van der Waals surface area contributed by atoms with E-state index < -0.39 is 0 Å². The highest BCUT2D eigenvalue weighted by atomic mass is 16.2. The molecule has 2 aliphatic heterocycles. The van der Waals surface area contributed by atoms with Crippen LogP contribution >= 0.6 is 0 Å². The minimum Gasteiger partial charge on any atom is -0.341 e. The van der Waals surface area contributed by atoms with Crippen LogP contribution in [0.3, 0.4) is 0 Å². The minimum atomic E-state index is 0.228. The Morgan fingerprint density at radius 2 is 1.70 bits per heavy atom. The van der Waals surface area contributed by atoms with Crippen LogP contribution in [-0.2, 0) is 9.59 Å². The first-order valence-corrected chi connectivity index (χ1v) is 8.24. The van der Waals surface area contributed by atoms with Gasteiger partial charge in [-0.1, -0.05) is 19.3 Å². The van der Waals surface area contributed by atoms with Gasteiger partial charge in [-0.15, -0.1) is 0 Å². The zero-order valence-corrected chi connectivity index (χ0v) is 12.4. The fourth-order valence-electron chi connectivity index (χ4n) is 4.12. The Labute approximate surface area is 121 Å². The fraction of sp³-hybridized carbons (Fsp3) is 0.875. The third kappa shape index (κ3) is 3.22. The Kier molecular flexibility index (Phi) is 4.39. The predicted molar refractivity (Wildman–Crippen MR) is 77.3 cm³/mol. The van der Waals surface area contributed by atoms with Gasteiger partial charge in [-0.2, -0.15) is 0 Å². The third-order valence-corrected chi connectivity index (χ3v) is 5.41. The quantitative estimate of drug-likeness (QED) is 0.772. The van der Waals surface area contributed by atoms with E-state index in [4.69, 9.17) is 0 Å². The van der Waals surface area contributed by atoms with Crippen molar-refractivity contribution in [3.05, 3.63) is 0 Å². The zero-order chi connectivity index (χ0) is 13.9. The van der Waals surface area contributed by atoms with Crippen molar-refractivity contribution in [3.8, 4) is 0 Å². The molecule has 4 nitrogen and oxygen atoms in total. The van der Waals surface area contributed by atoms with Gasteiger partial charge < -0.3 is 4.90 Å². The lowest BCUT2D eigenvalue weighted by Crippen LogP contribution is -2.48. The molecule has 2 saturated heterocycles. The third-order valence-electron chi connectivity index (χ3n) is 5.41. The molecule has 3 aliphatic rings. The summed E-state index contributed by atoms with van der Waals surface area (Å²) >= 11 is 0. The van der Waals surface area contributed by atoms with Crippen molar-refractivity contribution in [2.24, 2.45) is 11.8 Å². The summed E-state index contributed by atoms with van der Waals surface area (Å²) in [5.74, 6) is 2.28. The van der Waals surface area contributed by atoms with Gasteiger partial charge in [0.1, 0.15) is 5.78 Å². The first-order valence-electron chi connectivity index (χ1n) is 8.24. The van der Waals surface area contributed by atoms with E-state index >= 15 is 0 Å². The topological polar surface area (TPSA) is 40.6 Å². The van der Waals surface area contributed by atoms with Crippen molar-refractivity contribution >= 4 is 11.7 Å². The van der Waals surface area contributed by atoms with Crippen LogP contribution in [0.2, 0.25) is 0 Å². The van der Waals surface area contributed by atoms with Crippen molar-refractivity contribution in [2.45, 2.75) is 44.9 Å². The molecule has 0 aromatic carbocycles. The van der Waals surface area contributed by atoms with E-state index in [1.165, 1.54) is 32.1 Å². The van der Waals surface area contributed by atoms with E-state index in [0.717, 1.165) is 24.9 Å². The SMILES string of the molecule is O=C1CCN(C(=O)CN2CCC3CCCCC3C2)CC1. The summed E-state index contributed by atoms with van der Waals surface area (Å²) < 4.78 is 0. The number of rotatable bonds is 2. The fourth-order valence-corrected chi connectivity index (χ4v) is 4.12. The maximum atomic E-state index is 12.3. The lowest BCUT2D eigenvalue weighted by atomic mass is 9.75. The molecule has 20 heavy (non-hydrogen) atoms. The molecule has 3 fully saturated rings. The Morgan fingerprint density at radius 1 is 1.00 bits per heavy atom. The monoisotopic (exact) mass is 278 g/mol. The minimum absolute atomic E-state index is 0.228. The van der Waals surface area contributed by atoms with Crippen LogP contribution in [-0.4, -0.2) is 54.2 Å². The van der Waals surface area contributed by atoms with Gasteiger partial charge in [0.25, 0.3) is 0 Å². The molecular weight excluding hydrogens is 252 g/mol. The van der Waals surface area contributed by atoms with E-state index in [-0.39, 0.29) is 5.91 Å². The number of fused-ring (bicyclic) bond motifs is 1. The smallest absolute Gasteiger partial charge is 0.236 e. The molecule has 2 unspecified atom stereocenters. The second kappa shape index (κ2) is 6.25. The number of hydrogen-bond donors (Lipinski definition) is 0. The Hall–Kier alpha value is -0.900. The molecule has 1 saturated carbocycles. The van der Waals surface area contributed by atoms with E-state index in [9.17, 15) is 9.59 Å². The lowest BCUT2D eigenvalue weighted by Gasteiger charge is -2.41. The molecule has 0 aromatic heterocycles. The van der Waals surface area contributed by atoms with Crippen LogP contribution in [0, 0.1) is 11.8 Å². The summed E-state index contributed by atoms with van der Waals surface area (Å²) in [5, 5.41) is 0. The average Bonchev–Trinajstić information content (AvgIpc) is 2.48. The van der Waals surface area contributed by atoms with Gasteiger partial charge >= 0.3 is 0 Å². The second-order valence-corrected chi connectivity index (χ2v) is 6.75. The van der Waals surface area contributed by atoms with Gasteiger partial charge in [-0.05, 0) is 31.2 Å². The van der Waals surface area contributed by atoms with E-state index in [1.807, 2.05) is 4.90 Å². The van der Waals surface area contributed by atoms with Crippen molar-refractivity contribution in [1.29, 1.82) is 0 Å². The molecule has 1 aliphatic carbocycles. The maximum Gasteiger partial charge on any atom is 0.236 e. The molecule has 0 radical (unpaired) electrons. The molecule has 0 aromatic rings. The molecule has 0 N–H and O–H groups in total. The van der Waals surface area contributed by atoms with Gasteiger partial charge in [0, 0.05) is 32.5 Å². The molecule has 4 heteroatoms. The molecular formula is C16H26N2O2. The molecule has 0 spiro atoms. The number of likely N-dealkylation sites (tertiary alicyclic amines) is 2. The van der Waals surface area contributed by atoms with Gasteiger partial charge in [-0.3, -0.25) is 14.5 Å². The summed E-state index contributed by atoms with van der Waals surface area (Å²) in [6, 6.07) is 0. The summed E-state index contributed by atoms with van der Waals surface area (Å²) in [7, 11) is 0. The summed E-state index contributed by atoms with van der Waals surface area (Å²) in [6.07, 6.45) is 7.91. The van der Waals surface area contributed by atoms with E-state index in [0.29, 0.717) is 38.3 Å². The summed E-state index contributed by atoms with van der Waals surface area (Å²) in [4.78, 5) is 27.8.